The molecule has 1 fully saturated rings. The van der Waals surface area contributed by atoms with E-state index in [9.17, 15) is 0 Å². The smallest absolute Gasteiger partial charge is 0.169 e. The fourth-order valence-electron chi connectivity index (χ4n) is 2.34. The van der Waals surface area contributed by atoms with Crippen LogP contribution in [0.15, 0.2) is 30.6 Å². The maximum absolute atomic E-state index is 6.20. The van der Waals surface area contributed by atoms with Crippen molar-refractivity contribution >= 4 is 34.6 Å². The second kappa shape index (κ2) is 6.99. The average Bonchev–Trinajstić information content (AvgIpc) is 2.55. The van der Waals surface area contributed by atoms with Crippen LogP contribution in [0, 0.1) is 0 Å². The molecule has 1 saturated heterocycles. The van der Waals surface area contributed by atoms with Gasteiger partial charge in [0.05, 0.1) is 10.7 Å². The summed E-state index contributed by atoms with van der Waals surface area (Å²) < 4.78 is 0. The van der Waals surface area contributed by atoms with E-state index in [1.807, 2.05) is 24.3 Å². The molecule has 23 heavy (non-hydrogen) atoms. The van der Waals surface area contributed by atoms with E-state index >= 15 is 0 Å². The first-order valence-electron chi connectivity index (χ1n) is 7.45. The Balaban J connectivity index is 1.75. The van der Waals surface area contributed by atoms with Gasteiger partial charge in [-0.25, -0.2) is 15.0 Å². The number of aromatic nitrogens is 2. The van der Waals surface area contributed by atoms with Crippen molar-refractivity contribution in [1.82, 2.24) is 19.9 Å². The van der Waals surface area contributed by atoms with Crippen LogP contribution in [-0.4, -0.2) is 53.1 Å². The Morgan fingerprint density at radius 2 is 1.78 bits per heavy atom. The third-order valence-electron chi connectivity index (χ3n) is 3.78. The molecule has 1 aromatic carbocycles. The van der Waals surface area contributed by atoms with Crippen LogP contribution in [0.1, 0.15) is 0 Å². The zero-order valence-electron chi connectivity index (χ0n) is 13.0. The Morgan fingerprint density at radius 3 is 2.52 bits per heavy atom. The highest BCUT2D eigenvalue weighted by Gasteiger charge is 2.16. The molecule has 0 bridgehead atoms. The molecule has 0 amide bonds. The largest absolute Gasteiger partial charge is 0.393 e. The molecule has 7 nitrogen and oxygen atoms in total. The SMILES string of the molecule is CN1CCN(Nc2ncnc(Nc3ccccc3Cl)c2N)CC1. The highest BCUT2D eigenvalue weighted by atomic mass is 35.5. The lowest BCUT2D eigenvalue weighted by molar-refractivity contribution is 0.178. The van der Waals surface area contributed by atoms with Crippen LogP contribution in [0.4, 0.5) is 23.0 Å². The zero-order valence-corrected chi connectivity index (χ0v) is 13.7. The lowest BCUT2D eigenvalue weighted by Gasteiger charge is -2.32. The van der Waals surface area contributed by atoms with Gasteiger partial charge >= 0.3 is 0 Å². The molecule has 1 aromatic heterocycles. The Labute approximate surface area is 140 Å². The summed E-state index contributed by atoms with van der Waals surface area (Å²) in [4.78, 5) is 10.7. The van der Waals surface area contributed by atoms with Gasteiger partial charge < -0.3 is 21.4 Å². The second-order valence-corrected chi connectivity index (χ2v) is 5.90. The molecular formula is C15H20ClN7. The zero-order chi connectivity index (χ0) is 16.2. The molecule has 0 atom stereocenters. The molecular weight excluding hydrogens is 314 g/mol. The molecule has 2 aromatic rings. The molecule has 4 N–H and O–H groups in total. The standard InChI is InChI=1S/C15H20ClN7/c1-22-6-8-23(9-7-22)21-15-13(17)14(18-10-19-15)20-12-5-3-2-4-11(12)16/h2-5,10H,6-9,17H2,1H3,(H2,18,19,20,21). The Kier molecular flexibility index (Phi) is 4.80. The normalized spacial score (nSPS) is 16.3. The van der Waals surface area contributed by atoms with Crippen molar-refractivity contribution in [3.8, 4) is 0 Å². The summed E-state index contributed by atoms with van der Waals surface area (Å²) in [6.07, 6.45) is 1.48. The van der Waals surface area contributed by atoms with Crippen LogP contribution in [0.3, 0.4) is 0 Å². The number of anilines is 4. The molecule has 0 saturated carbocycles. The van der Waals surface area contributed by atoms with E-state index in [1.165, 1.54) is 6.33 Å². The van der Waals surface area contributed by atoms with Crippen LogP contribution in [0.25, 0.3) is 0 Å². The van der Waals surface area contributed by atoms with Gasteiger partial charge in [-0.05, 0) is 19.2 Å². The quantitative estimate of drug-likeness (QED) is 0.789. The van der Waals surface area contributed by atoms with Crippen molar-refractivity contribution in [3.63, 3.8) is 0 Å². The monoisotopic (exact) mass is 333 g/mol. The minimum Gasteiger partial charge on any atom is -0.393 e. The summed E-state index contributed by atoms with van der Waals surface area (Å²) in [5.74, 6) is 1.13. The number of nitrogens with zero attached hydrogens (tertiary/aromatic N) is 4. The van der Waals surface area contributed by atoms with Gasteiger partial charge in [0.15, 0.2) is 11.6 Å². The molecule has 1 aliphatic rings. The van der Waals surface area contributed by atoms with Crippen LogP contribution in [0.5, 0.6) is 0 Å². The maximum atomic E-state index is 6.20. The molecule has 2 heterocycles. The minimum absolute atomic E-state index is 0.464. The number of likely N-dealkylation sites (N-methyl/N-ethyl adjacent to an activating group) is 1. The molecule has 0 spiro atoms. The van der Waals surface area contributed by atoms with Crippen molar-refractivity contribution in [2.45, 2.75) is 0 Å². The number of piperazine rings is 1. The predicted molar refractivity (Wildman–Crippen MR) is 93.9 cm³/mol. The van der Waals surface area contributed by atoms with Crippen LogP contribution in [0.2, 0.25) is 5.02 Å². The van der Waals surface area contributed by atoms with Crippen molar-refractivity contribution in [2.24, 2.45) is 0 Å². The van der Waals surface area contributed by atoms with Gasteiger partial charge in [-0.1, -0.05) is 23.7 Å². The number of halogens is 1. The van der Waals surface area contributed by atoms with E-state index in [1.54, 1.807) is 0 Å². The van der Waals surface area contributed by atoms with E-state index in [-0.39, 0.29) is 0 Å². The minimum atomic E-state index is 0.464. The van der Waals surface area contributed by atoms with Gasteiger partial charge in [-0.2, -0.15) is 0 Å². The number of hydrazine groups is 1. The van der Waals surface area contributed by atoms with Gasteiger partial charge in [-0.3, -0.25) is 0 Å². The molecule has 0 radical (unpaired) electrons. The predicted octanol–water partition coefficient (Wildman–Crippen LogP) is 2.03. The number of para-hydroxylation sites is 1. The topological polar surface area (TPSA) is 82.3 Å². The number of hydrogen-bond acceptors (Lipinski definition) is 7. The van der Waals surface area contributed by atoms with E-state index in [2.05, 4.69) is 37.7 Å². The maximum Gasteiger partial charge on any atom is 0.169 e. The van der Waals surface area contributed by atoms with E-state index in [4.69, 9.17) is 17.3 Å². The number of nitrogens with two attached hydrogens (primary N) is 1. The Hall–Kier alpha value is -2.09. The number of nitrogen functional groups attached to an aromatic ring is 1. The summed E-state index contributed by atoms with van der Waals surface area (Å²) in [5.41, 5.74) is 10.7. The average molecular weight is 334 g/mol. The van der Waals surface area contributed by atoms with Crippen molar-refractivity contribution in [2.75, 3.05) is 49.7 Å². The molecule has 1 aliphatic heterocycles. The van der Waals surface area contributed by atoms with Gasteiger partial charge in [0.25, 0.3) is 0 Å². The van der Waals surface area contributed by atoms with E-state index in [0.717, 1.165) is 31.9 Å². The highest BCUT2D eigenvalue weighted by molar-refractivity contribution is 6.33. The molecule has 122 valence electrons. The third kappa shape index (κ3) is 3.82. The van der Waals surface area contributed by atoms with Crippen LogP contribution < -0.4 is 16.5 Å². The first-order valence-corrected chi connectivity index (χ1v) is 7.83. The fourth-order valence-corrected chi connectivity index (χ4v) is 2.53. The molecule has 3 rings (SSSR count). The highest BCUT2D eigenvalue weighted by Crippen LogP contribution is 2.29. The Bertz CT molecular complexity index is 671. The van der Waals surface area contributed by atoms with Gasteiger partial charge in [0.1, 0.15) is 12.0 Å². The van der Waals surface area contributed by atoms with Crippen molar-refractivity contribution in [3.05, 3.63) is 35.6 Å². The Morgan fingerprint density at radius 1 is 1.09 bits per heavy atom. The fraction of sp³-hybridized carbons (Fsp3) is 0.333. The number of nitrogens with one attached hydrogen (secondary N) is 2. The van der Waals surface area contributed by atoms with Gasteiger partial charge in [0, 0.05) is 26.2 Å². The first-order chi connectivity index (χ1) is 11.1. The van der Waals surface area contributed by atoms with Crippen molar-refractivity contribution in [1.29, 1.82) is 0 Å². The number of rotatable bonds is 4. The summed E-state index contributed by atoms with van der Waals surface area (Å²) >= 11 is 6.16. The molecule has 0 unspecified atom stereocenters. The number of benzene rings is 1. The summed E-state index contributed by atoms with van der Waals surface area (Å²) in [7, 11) is 2.11. The number of hydrogen-bond donors (Lipinski definition) is 3. The first kappa shape index (κ1) is 15.8. The summed E-state index contributed by atoms with van der Waals surface area (Å²) in [6.45, 7) is 3.83. The third-order valence-corrected chi connectivity index (χ3v) is 4.11. The lowest BCUT2D eigenvalue weighted by Crippen LogP contribution is -2.47. The molecule has 8 heteroatoms. The lowest BCUT2D eigenvalue weighted by atomic mass is 10.3. The summed E-state index contributed by atoms with van der Waals surface area (Å²) in [5, 5.41) is 5.87. The summed E-state index contributed by atoms with van der Waals surface area (Å²) in [6, 6.07) is 7.45. The van der Waals surface area contributed by atoms with E-state index < -0.39 is 0 Å². The van der Waals surface area contributed by atoms with Crippen LogP contribution >= 0.6 is 11.6 Å². The van der Waals surface area contributed by atoms with Crippen molar-refractivity contribution < 1.29 is 0 Å². The molecule has 0 aliphatic carbocycles. The van der Waals surface area contributed by atoms with E-state index in [0.29, 0.717) is 22.3 Å². The van der Waals surface area contributed by atoms with Crippen LogP contribution in [-0.2, 0) is 0 Å². The van der Waals surface area contributed by atoms with Gasteiger partial charge in [-0.15, -0.1) is 0 Å². The second-order valence-electron chi connectivity index (χ2n) is 5.49. The van der Waals surface area contributed by atoms with Gasteiger partial charge in [0.2, 0.25) is 0 Å².